The standard InChI is InChI=1S/C19H25N3O6S/c1-19(2,3)28-18(24)22(5)12-13-8-6-7-9-14(13)21-17(23)15-10-11-16(27-15)29(25,26)20-4/h6-11,20H,12H2,1-5H3,(H,21,23). The average Bonchev–Trinajstić information content (AvgIpc) is 3.13. The topological polar surface area (TPSA) is 118 Å². The fraction of sp³-hybridized carbons (Fsp3) is 0.368. The first kappa shape index (κ1) is 22.4. The lowest BCUT2D eigenvalue weighted by Gasteiger charge is -2.25. The summed E-state index contributed by atoms with van der Waals surface area (Å²) in [7, 11) is -0.951. The van der Waals surface area contributed by atoms with E-state index in [1.165, 1.54) is 24.1 Å². The van der Waals surface area contributed by atoms with Gasteiger partial charge in [0.15, 0.2) is 5.76 Å². The number of nitrogens with zero attached hydrogens (tertiary/aromatic N) is 1. The number of amides is 2. The van der Waals surface area contributed by atoms with Crippen molar-refractivity contribution >= 4 is 27.7 Å². The van der Waals surface area contributed by atoms with Gasteiger partial charge >= 0.3 is 6.09 Å². The van der Waals surface area contributed by atoms with Crippen LogP contribution in [0.3, 0.4) is 0 Å². The van der Waals surface area contributed by atoms with E-state index in [0.29, 0.717) is 11.3 Å². The minimum atomic E-state index is -3.79. The molecule has 0 aliphatic carbocycles. The summed E-state index contributed by atoms with van der Waals surface area (Å²) in [6, 6.07) is 9.40. The van der Waals surface area contributed by atoms with E-state index in [9.17, 15) is 18.0 Å². The number of furan rings is 1. The molecule has 10 heteroatoms. The Morgan fingerprint density at radius 1 is 1.14 bits per heavy atom. The molecule has 2 aromatic rings. The molecule has 1 aromatic carbocycles. The summed E-state index contributed by atoms with van der Waals surface area (Å²) in [6.07, 6.45) is -0.494. The fourth-order valence-corrected chi connectivity index (χ4v) is 2.96. The van der Waals surface area contributed by atoms with Gasteiger partial charge in [-0.25, -0.2) is 17.9 Å². The van der Waals surface area contributed by atoms with Gasteiger partial charge in [0.05, 0.1) is 6.54 Å². The zero-order valence-corrected chi connectivity index (χ0v) is 17.8. The molecular formula is C19H25N3O6S. The van der Waals surface area contributed by atoms with Crippen molar-refractivity contribution in [2.45, 2.75) is 38.0 Å². The van der Waals surface area contributed by atoms with Crippen molar-refractivity contribution in [2.24, 2.45) is 0 Å². The first-order valence-corrected chi connectivity index (χ1v) is 10.3. The van der Waals surface area contributed by atoms with Gasteiger partial charge < -0.3 is 19.4 Å². The van der Waals surface area contributed by atoms with Crippen LogP contribution < -0.4 is 10.0 Å². The van der Waals surface area contributed by atoms with Gasteiger partial charge in [-0.3, -0.25) is 4.79 Å². The highest BCUT2D eigenvalue weighted by atomic mass is 32.2. The summed E-state index contributed by atoms with van der Waals surface area (Å²) >= 11 is 0. The molecule has 29 heavy (non-hydrogen) atoms. The third-order valence-corrected chi connectivity index (χ3v) is 5.00. The molecule has 0 bridgehead atoms. The normalized spacial score (nSPS) is 11.8. The molecule has 0 fully saturated rings. The lowest BCUT2D eigenvalue weighted by Crippen LogP contribution is -2.34. The second kappa shape index (κ2) is 8.66. The molecule has 1 heterocycles. The second-order valence-corrected chi connectivity index (χ2v) is 9.09. The largest absolute Gasteiger partial charge is 0.444 e. The summed E-state index contributed by atoms with van der Waals surface area (Å²) in [5, 5.41) is 2.32. The van der Waals surface area contributed by atoms with Crippen LogP contribution in [0.2, 0.25) is 0 Å². The monoisotopic (exact) mass is 423 g/mol. The van der Waals surface area contributed by atoms with E-state index < -0.39 is 27.6 Å². The Bertz CT molecular complexity index is 991. The first-order chi connectivity index (χ1) is 13.4. The molecule has 0 saturated carbocycles. The molecule has 0 spiro atoms. The summed E-state index contributed by atoms with van der Waals surface area (Å²) in [6.45, 7) is 5.53. The lowest BCUT2D eigenvalue weighted by atomic mass is 10.1. The maximum Gasteiger partial charge on any atom is 0.410 e. The SMILES string of the molecule is CNS(=O)(=O)c1ccc(C(=O)Nc2ccccc2CN(C)C(=O)OC(C)(C)C)o1. The van der Waals surface area contributed by atoms with Crippen molar-refractivity contribution in [3.63, 3.8) is 0 Å². The van der Waals surface area contributed by atoms with Crippen molar-refractivity contribution < 1.29 is 27.2 Å². The minimum Gasteiger partial charge on any atom is -0.444 e. The number of ether oxygens (including phenoxy) is 1. The first-order valence-electron chi connectivity index (χ1n) is 8.79. The van der Waals surface area contributed by atoms with Gasteiger partial charge in [0.25, 0.3) is 15.9 Å². The van der Waals surface area contributed by atoms with Crippen LogP contribution in [0.4, 0.5) is 10.5 Å². The molecule has 2 amide bonds. The van der Waals surface area contributed by atoms with Crippen LogP contribution in [0.5, 0.6) is 0 Å². The highest BCUT2D eigenvalue weighted by Crippen LogP contribution is 2.20. The van der Waals surface area contributed by atoms with Crippen molar-refractivity contribution in [1.29, 1.82) is 0 Å². The van der Waals surface area contributed by atoms with Crippen LogP contribution in [0.25, 0.3) is 0 Å². The number of para-hydroxylation sites is 1. The maximum atomic E-state index is 12.5. The zero-order valence-electron chi connectivity index (χ0n) is 17.0. The summed E-state index contributed by atoms with van der Waals surface area (Å²) in [4.78, 5) is 26.0. The van der Waals surface area contributed by atoms with E-state index in [4.69, 9.17) is 9.15 Å². The van der Waals surface area contributed by atoms with E-state index >= 15 is 0 Å². The van der Waals surface area contributed by atoms with E-state index in [0.717, 1.165) is 0 Å². The summed E-state index contributed by atoms with van der Waals surface area (Å²) in [5.74, 6) is -0.774. The molecule has 2 N–H and O–H groups in total. The lowest BCUT2D eigenvalue weighted by molar-refractivity contribution is 0.0285. The van der Waals surface area contributed by atoms with Gasteiger partial charge in [-0.2, -0.15) is 0 Å². The number of sulfonamides is 1. The summed E-state index contributed by atoms with van der Waals surface area (Å²) in [5.41, 5.74) is 0.509. The Kier molecular flexibility index (Phi) is 6.70. The third-order valence-electron chi connectivity index (χ3n) is 3.72. The number of carbonyl (C=O) groups excluding carboxylic acids is 2. The van der Waals surface area contributed by atoms with Gasteiger partial charge in [0.1, 0.15) is 5.60 Å². The molecule has 158 valence electrons. The summed E-state index contributed by atoms with van der Waals surface area (Å²) < 4.78 is 36.1. The molecule has 0 unspecified atom stereocenters. The number of hydrogen-bond donors (Lipinski definition) is 2. The highest BCUT2D eigenvalue weighted by molar-refractivity contribution is 7.89. The number of nitrogens with one attached hydrogen (secondary N) is 2. The predicted octanol–water partition coefficient (Wildman–Crippen LogP) is 2.81. The van der Waals surface area contributed by atoms with Crippen LogP contribution in [0.1, 0.15) is 36.9 Å². The Balaban J connectivity index is 2.15. The molecule has 1 aromatic heterocycles. The van der Waals surface area contributed by atoms with Gasteiger partial charge in [0, 0.05) is 12.7 Å². The smallest absolute Gasteiger partial charge is 0.410 e. The molecule has 9 nitrogen and oxygen atoms in total. The number of anilines is 1. The fourth-order valence-electron chi connectivity index (χ4n) is 2.31. The van der Waals surface area contributed by atoms with Crippen LogP contribution in [0.15, 0.2) is 45.9 Å². The molecule has 0 aliphatic rings. The van der Waals surface area contributed by atoms with Crippen LogP contribution in [0, 0.1) is 0 Å². The van der Waals surface area contributed by atoms with Crippen LogP contribution in [-0.2, 0) is 21.3 Å². The molecule has 0 radical (unpaired) electrons. The van der Waals surface area contributed by atoms with Gasteiger partial charge in [-0.15, -0.1) is 0 Å². The Hall–Kier alpha value is -2.85. The van der Waals surface area contributed by atoms with Crippen molar-refractivity contribution in [3.8, 4) is 0 Å². The molecule has 2 rings (SSSR count). The predicted molar refractivity (Wildman–Crippen MR) is 107 cm³/mol. The minimum absolute atomic E-state index is 0.158. The van der Waals surface area contributed by atoms with Gasteiger partial charge in [0.2, 0.25) is 5.09 Å². The van der Waals surface area contributed by atoms with Crippen LogP contribution >= 0.6 is 0 Å². The van der Waals surface area contributed by atoms with Crippen LogP contribution in [-0.4, -0.2) is 45.0 Å². The van der Waals surface area contributed by atoms with Gasteiger partial charge in [-0.05, 0) is 51.6 Å². The second-order valence-electron chi connectivity index (χ2n) is 7.27. The third kappa shape index (κ3) is 6.06. The molecular weight excluding hydrogens is 398 g/mol. The zero-order chi connectivity index (χ0) is 21.8. The van der Waals surface area contributed by atoms with Crippen molar-refractivity contribution in [3.05, 3.63) is 47.7 Å². The molecule has 0 atom stereocenters. The Morgan fingerprint density at radius 3 is 2.41 bits per heavy atom. The van der Waals surface area contributed by atoms with E-state index in [2.05, 4.69) is 10.0 Å². The maximum absolute atomic E-state index is 12.5. The van der Waals surface area contributed by atoms with Crippen molar-refractivity contribution in [1.82, 2.24) is 9.62 Å². The molecule has 0 saturated heterocycles. The quantitative estimate of drug-likeness (QED) is 0.738. The Morgan fingerprint density at radius 2 is 1.79 bits per heavy atom. The van der Waals surface area contributed by atoms with E-state index in [1.54, 1.807) is 52.1 Å². The highest BCUT2D eigenvalue weighted by Gasteiger charge is 2.22. The van der Waals surface area contributed by atoms with E-state index in [-0.39, 0.29) is 17.4 Å². The van der Waals surface area contributed by atoms with E-state index in [1.807, 2.05) is 0 Å². The number of rotatable bonds is 6. The number of hydrogen-bond acceptors (Lipinski definition) is 6. The number of benzene rings is 1. The van der Waals surface area contributed by atoms with Gasteiger partial charge in [-0.1, -0.05) is 18.2 Å². The average molecular weight is 423 g/mol. The Labute approximate surface area is 170 Å². The number of carbonyl (C=O) groups is 2. The molecule has 0 aliphatic heterocycles. The van der Waals surface area contributed by atoms with Crippen molar-refractivity contribution in [2.75, 3.05) is 19.4 Å².